The second-order valence-corrected chi connectivity index (χ2v) is 13.2. The molecule has 136 valence electrons. The van der Waals surface area contributed by atoms with E-state index in [0.717, 1.165) is 0 Å². The molecule has 4 heteroatoms. The van der Waals surface area contributed by atoms with Crippen LogP contribution in [0.1, 0.15) is 44.5 Å². The van der Waals surface area contributed by atoms with Crippen LogP contribution in [-0.4, -0.2) is 6.19 Å². The third-order valence-electron chi connectivity index (χ3n) is 4.36. The molecule has 0 atom stereocenters. The summed E-state index contributed by atoms with van der Waals surface area (Å²) in [7, 11) is 0. The Kier molecular flexibility index (Phi) is 16.2. The van der Waals surface area contributed by atoms with Gasteiger partial charge in [0.1, 0.15) is 0 Å². The van der Waals surface area contributed by atoms with Crippen LogP contribution in [0.25, 0.3) is 0 Å². The summed E-state index contributed by atoms with van der Waals surface area (Å²) in [5.41, 5.74) is 11.5. The summed E-state index contributed by atoms with van der Waals surface area (Å²) in [4.78, 5) is 0. The van der Waals surface area contributed by atoms with Crippen molar-refractivity contribution >= 4 is 6.19 Å². The van der Waals surface area contributed by atoms with Crippen LogP contribution >= 0.6 is 0 Å². The SMILES string of the molecule is C[Si](C)=[Ti+2].Cc1c[c-](C)c(C)c1C.Cc1c[c-](C)c(C)c1C.[Cl-].[Cl-]. The monoisotopic (exact) mass is 418 g/mol. The molecule has 0 bridgehead atoms. The average molecular weight is 419 g/mol. The van der Waals surface area contributed by atoms with Crippen molar-refractivity contribution in [1.29, 1.82) is 0 Å². The van der Waals surface area contributed by atoms with E-state index in [1.165, 1.54) is 44.5 Å². The minimum atomic E-state index is 0. The molecule has 0 fully saturated rings. The van der Waals surface area contributed by atoms with Crippen LogP contribution in [0.3, 0.4) is 0 Å². The molecule has 0 saturated heterocycles. The first-order valence-corrected chi connectivity index (χ1v) is 12.7. The summed E-state index contributed by atoms with van der Waals surface area (Å²) in [5, 5.41) is 0. The van der Waals surface area contributed by atoms with Crippen molar-refractivity contribution in [3.05, 3.63) is 56.6 Å². The summed E-state index contributed by atoms with van der Waals surface area (Å²) >= 11 is 2.27. The molecule has 0 unspecified atom stereocenters. The van der Waals surface area contributed by atoms with E-state index in [1.54, 1.807) is 0 Å². The van der Waals surface area contributed by atoms with Gasteiger partial charge in [0.05, 0.1) is 0 Å². The third kappa shape index (κ3) is 9.63. The summed E-state index contributed by atoms with van der Waals surface area (Å²) < 4.78 is 0. The van der Waals surface area contributed by atoms with Crippen LogP contribution in [0.4, 0.5) is 0 Å². The standard InChI is InChI=1S/2C9H13.C2H6Si.2ClH.Ti/c2*1-6-5-7(2)9(4)8(6)3;1-3-2;;;/h2*5H,1-4H3;1-2H3;2*1H;/q2*-1;;;;+2/p-2. The minimum Gasteiger partial charge on any atom is -1.00 e. The first kappa shape index (κ1) is 29.0. The molecule has 0 aromatic heterocycles. The summed E-state index contributed by atoms with van der Waals surface area (Å²) in [6.45, 7) is 21.9. The van der Waals surface area contributed by atoms with Gasteiger partial charge < -0.3 is 24.8 Å². The Hall–Kier alpha value is 0.211. The van der Waals surface area contributed by atoms with Gasteiger partial charge in [-0.1, -0.05) is 55.4 Å². The van der Waals surface area contributed by atoms with Crippen LogP contribution in [-0.2, 0) is 19.2 Å². The van der Waals surface area contributed by atoms with Gasteiger partial charge >= 0.3 is 38.5 Å². The van der Waals surface area contributed by atoms with E-state index in [1.807, 2.05) is 0 Å². The van der Waals surface area contributed by atoms with Gasteiger partial charge in [-0.3, -0.25) is 0 Å². The van der Waals surface area contributed by atoms with Crippen molar-refractivity contribution in [2.45, 2.75) is 68.5 Å². The molecule has 24 heavy (non-hydrogen) atoms. The Bertz CT molecular complexity index is 537. The summed E-state index contributed by atoms with van der Waals surface area (Å²) in [5.74, 6) is 0. The average Bonchev–Trinajstić information content (AvgIpc) is 2.75. The zero-order valence-electron chi connectivity index (χ0n) is 16.9. The van der Waals surface area contributed by atoms with Gasteiger partial charge in [0.15, 0.2) is 0 Å². The molecular formula is C20H32Cl2SiTi-2. The normalized spacial score (nSPS) is 8.83. The third-order valence-corrected chi connectivity index (χ3v) is 4.36. The molecule has 0 amide bonds. The van der Waals surface area contributed by atoms with Gasteiger partial charge in [0, 0.05) is 0 Å². The molecule has 2 aromatic rings. The van der Waals surface area contributed by atoms with Gasteiger partial charge in [-0.25, -0.2) is 0 Å². The predicted octanol–water partition coefficient (Wildman–Crippen LogP) is 0.0707. The zero-order valence-corrected chi connectivity index (χ0v) is 21.0. The molecule has 0 aliphatic rings. The van der Waals surface area contributed by atoms with Crippen molar-refractivity contribution in [2.24, 2.45) is 0 Å². The molecular weight excluding hydrogens is 387 g/mol. The van der Waals surface area contributed by atoms with Crippen molar-refractivity contribution in [1.82, 2.24) is 0 Å². The quantitative estimate of drug-likeness (QED) is 0.419. The van der Waals surface area contributed by atoms with E-state index < -0.39 is 0 Å². The largest absolute Gasteiger partial charge is 1.00 e. The van der Waals surface area contributed by atoms with Crippen LogP contribution in [0.2, 0.25) is 13.1 Å². The molecule has 0 aliphatic carbocycles. The van der Waals surface area contributed by atoms with Crippen LogP contribution in [0.15, 0.2) is 12.1 Å². The smallest absolute Gasteiger partial charge is 0.0630 e. The maximum absolute atomic E-state index is 2.27. The Balaban J connectivity index is -0.000000283. The first-order chi connectivity index (χ1) is 9.98. The topological polar surface area (TPSA) is 0 Å². The van der Waals surface area contributed by atoms with Crippen LogP contribution in [0, 0.1) is 55.4 Å². The van der Waals surface area contributed by atoms with E-state index in [9.17, 15) is 0 Å². The van der Waals surface area contributed by atoms with Crippen molar-refractivity contribution in [2.75, 3.05) is 0 Å². The Labute approximate surface area is 174 Å². The Morgan fingerprint density at radius 2 is 0.917 bits per heavy atom. The number of halogens is 2. The molecule has 0 aliphatic heterocycles. The number of aryl methyl sites for hydroxylation is 4. The van der Waals surface area contributed by atoms with Crippen molar-refractivity contribution < 1.29 is 44.0 Å². The fourth-order valence-corrected chi connectivity index (χ4v) is 2.27. The van der Waals surface area contributed by atoms with Crippen molar-refractivity contribution in [3.8, 4) is 0 Å². The second kappa shape index (κ2) is 13.4. The zero-order chi connectivity index (χ0) is 17.6. The molecule has 2 aromatic carbocycles. The van der Waals surface area contributed by atoms with Gasteiger partial charge in [-0.15, -0.1) is 0 Å². The summed E-state index contributed by atoms with van der Waals surface area (Å²) in [6, 6.07) is 4.48. The fraction of sp³-hybridized carbons (Fsp3) is 0.500. The molecule has 0 N–H and O–H groups in total. The van der Waals surface area contributed by atoms with Gasteiger partial charge in [-0.05, 0) is 0 Å². The molecule has 0 nitrogen and oxygen atoms in total. The Morgan fingerprint density at radius 3 is 0.958 bits per heavy atom. The molecule has 0 spiro atoms. The number of rotatable bonds is 0. The molecule has 0 heterocycles. The maximum Gasteiger partial charge on any atom is -0.0630 e. The van der Waals surface area contributed by atoms with Gasteiger partial charge in [0.25, 0.3) is 0 Å². The van der Waals surface area contributed by atoms with E-state index in [2.05, 4.69) is 99.8 Å². The molecule has 2 rings (SSSR count). The summed E-state index contributed by atoms with van der Waals surface area (Å²) in [6.07, 6.45) is 0.120. The fourth-order valence-electron chi connectivity index (χ4n) is 2.27. The van der Waals surface area contributed by atoms with E-state index in [4.69, 9.17) is 0 Å². The van der Waals surface area contributed by atoms with Gasteiger partial charge in [-0.2, -0.15) is 56.6 Å². The first-order valence-electron chi connectivity index (χ1n) is 7.90. The van der Waals surface area contributed by atoms with E-state index in [-0.39, 0.29) is 31.0 Å². The van der Waals surface area contributed by atoms with E-state index >= 15 is 0 Å². The predicted molar refractivity (Wildman–Crippen MR) is 99.4 cm³/mol. The number of hydrogen-bond donors (Lipinski definition) is 0. The molecule has 0 saturated carbocycles. The van der Waals surface area contributed by atoms with E-state index in [0.29, 0.717) is 0 Å². The second-order valence-electron chi connectivity index (χ2n) is 6.52. The Morgan fingerprint density at radius 1 is 0.708 bits per heavy atom. The number of hydrogen-bond acceptors (Lipinski definition) is 0. The van der Waals surface area contributed by atoms with Crippen LogP contribution in [0.5, 0.6) is 0 Å². The minimum absolute atomic E-state index is 0. The maximum atomic E-state index is 2.27. The van der Waals surface area contributed by atoms with Gasteiger partial charge in [0.2, 0.25) is 0 Å². The molecule has 0 radical (unpaired) electrons. The van der Waals surface area contributed by atoms with Crippen molar-refractivity contribution in [3.63, 3.8) is 0 Å². The van der Waals surface area contributed by atoms with Crippen LogP contribution < -0.4 is 24.8 Å².